The standard InChI is InChI=1S/C17H16F5N3O2/c18-12-3-1-2-11(15(12)19)10-5-4-9(6-14(26)27)16-24-23-13(25(16)8-10)7-17(20,21)22/h1-3,9-10H,4-8H2,(H,26,27)/t9-,10-/m0/s1. The summed E-state index contributed by atoms with van der Waals surface area (Å²) in [6.45, 7) is -0.0791. The van der Waals surface area contributed by atoms with Gasteiger partial charge in [0.15, 0.2) is 11.6 Å². The maximum Gasteiger partial charge on any atom is 0.396 e. The Balaban J connectivity index is 2.02. The quantitative estimate of drug-likeness (QED) is 0.808. The van der Waals surface area contributed by atoms with Gasteiger partial charge < -0.3 is 9.67 Å². The minimum atomic E-state index is -4.53. The molecule has 0 fully saturated rings. The van der Waals surface area contributed by atoms with Gasteiger partial charge in [-0.05, 0) is 24.5 Å². The van der Waals surface area contributed by atoms with Gasteiger partial charge in [0, 0.05) is 18.4 Å². The average Bonchev–Trinajstić information content (AvgIpc) is 2.83. The summed E-state index contributed by atoms with van der Waals surface area (Å²) in [5.41, 5.74) is 0.0450. The van der Waals surface area contributed by atoms with E-state index in [0.717, 1.165) is 6.07 Å². The van der Waals surface area contributed by atoms with Crippen LogP contribution in [-0.2, 0) is 17.8 Å². The molecule has 1 N–H and O–H groups in total. The topological polar surface area (TPSA) is 68.0 Å². The molecule has 27 heavy (non-hydrogen) atoms. The van der Waals surface area contributed by atoms with E-state index >= 15 is 0 Å². The second-order valence-electron chi connectivity index (χ2n) is 6.59. The molecule has 0 amide bonds. The zero-order valence-corrected chi connectivity index (χ0v) is 14.0. The molecule has 3 rings (SSSR count). The molecular weight excluding hydrogens is 373 g/mol. The highest BCUT2D eigenvalue weighted by Crippen LogP contribution is 2.37. The molecule has 146 valence electrons. The Hall–Kier alpha value is -2.52. The smallest absolute Gasteiger partial charge is 0.396 e. The first kappa shape index (κ1) is 19.2. The fourth-order valence-electron chi connectivity index (χ4n) is 3.50. The molecule has 2 heterocycles. The zero-order valence-electron chi connectivity index (χ0n) is 14.0. The number of aromatic nitrogens is 3. The van der Waals surface area contributed by atoms with Crippen molar-refractivity contribution in [3.8, 4) is 0 Å². The molecule has 2 atom stereocenters. The number of nitrogens with zero attached hydrogens (tertiary/aromatic N) is 3. The average molecular weight is 389 g/mol. The molecule has 10 heteroatoms. The van der Waals surface area contributed by atoms with Gasteiger partial charge >= 0.3 is 12.1 Å². The van der Waals surface area contributed by atoms with Crippen LogP contribution in [0.5, 0.6) is 0 Å². The van der Waals surface area contributed by atoms with Crippen LogP contribution in [0, 0.1) is 11.6 Å². The lowest BCUT2D eigenvalue weighted by atomic mass is 9.90. The summed E-state index contributed by atoms with van der Waals surface area (Å²) >= 11 is 0. The van der Waals surface area contributed by atoms with Crippen LogP contribution in [0.4, 0.5) is 22.0 Å². The highest BCUT2D eigenvalue weighted by Gasteiger charge is 2.35. The third kappa shape index (κ3) is 4.25. The molecule has 1 aromatic carbocycles. The Bertz CT molecular complexity index is 850. The second kappa shape index (κ2) is 7.24. The van der Waals surface area contributed by atoms with E-state index in [-0.39, 0.29) is 43.0 Å². The highest BCUT2D eigenvalue weighted by atomic mass is 19.4. The Morgan fingerprint density at radius 3 is 2.63 bits per heavy atom. The molecule has 0 radical (unpaired) electrons. The predicted molar refractivity (Wildman–Crippen MR) is 83.1 cm³/mol. The third-order valence-corrected chi connectivity index (χ3v) is 4.69. The molecule has 1 aromatic heterocycles. The van der Waals surface area contributed by atoms with Crippen molar-refractivity contribution in [3.05, 3.63) is 47.0 Å². The van der Waals surface area contributed by atoms with Gasteiger partial charge in [0.1, 0.15) is 18.1 Å². The van der Waals surface area contributed by atoms with E-state index in [2.05, 4.69) is 10.2 Å². The lowest BCUT2D eigenvalue weighted by molar-refractivity contribution is -0.137. The number of alkyl halides is 3. The summed E-state index contributed by atoms with van der Waals surface area (Å²) in [7, 11) is 0. The van der Waals surface area contributed by atoms with E-state index in [0.29, 0.717) is 0 Å². The molecule has 1 aliphatic rings. The van der Waals surface area contributed by atoms with E-state index in [1.54, 1.807) is 0 Å². The number of rotatable bonds is 4. The molecular formula is C17H16F5N3O2. The molecule has 5 nitrogen and oxygen atoms in total. The SMILES string of the molecule is O=C(O)C[C@@H]1CC[C@H](c2cccc(F)c2F)Cn2c(CC(F)(F)F)nnc21. The Morgan fingerprint density at radius 1 is 1.22 bits per heavy atom. The van der Waals surface area contributed by atoms with Crippen molar-refractivity contribution in [2.24, 2.45) is 0 Å². The van der Waals surface area contributed by atoms with E-state index in [4.69, 9.17) is 5.11 Å². The minimum absolute atomic E-state index is 0.0450. The summed E-state index contributed by atoms with van der Waals surface area (Å²) in [6.07, 6.45) is -5.65. The number of hydrogen-bond acceptors (Lipinski definition) is 3. The van der Waals surface area contributed by atoms with Crippen LogP contribution >= 0.6 is 0 Å². The predicted octanol–water partition coefficient (Wildman–Crippen LogP) is 3.80. The summed E-state index contributed by atoms with van der Waals surface area (Å²) in [5.74, 6) is -4.72. The number of benzene rings is 1. The van der Waals surface area contributed by atoms with E-state index in [9.17, 15) is 26.7 Å². The van der Waals surface area contributed by atoms with Crippen LogP contribution in [0.25, 0.3) is 0 Å². The summed E-state index contributed by atoms with van der Waals surface area (Å²) < 4.78 is 67.6. The van der Waals surface area contributed by atoms with Gasteiger partial charge in [-0.15, -0.1) is 10.2 Å². The van der Waals surface area contributed by atoms with Crippen LogP contribution in [0.3, 0.4) is 0 Å². The van der Waals surface area contributed by atoms with Crippen LogP contribution in [0.1, 0.15) is 48.3 Å². The molecule has 2 aromatic rings. The molecule has 1 aliphatic heterocycles. The first-order chi connectivity index (χ1) is 12.7. The van der Waals surface area contributed by atoms with Crippen LogP contribution in [0.2, 0.25) is 0 Å². The summed E-state index contributed by atoms with van der Waals surface area (Å²) in [4.78, 5) is 11.1. The van der Waals surface area contributed by atoms with Gasteiger partial charge in [-0.2, -0.15) is 13.2 Å². The largest absolute Gasteiger partial charge is 0.481 e. The van der Waals surface area contributed by atoms with Crippen molar-refractivity contribution < 1.29 is 31.9 Å². The number of carboxylic acids is 1. The fourth-order valence-corrected chi connectivity index (χ4v) is 3.50. The van der Waals surface area contributed by atoms with Crippen molar-refractivity contribution in [2.75, 3.05) is 0 Å². The van der Waals surface area contributed by atoms with Gasteiger partial charge in [0.2, 0.25) is 0 Å². The number of carboxylic acid groups (broad SMARTS) is 1. The van der Waals surface area contributed by atoms with Crippen molar-refractivity contribution in [1.29, 1.82) is 0 Å². The molecule has 0 unspecified atom stereocenters. The molecule has 0 bridgehead atoms. The number of aliphatic carboxylic acids is 1. The number of hydrogen-bond donors (Lipinski definition) is 1. The van der Waals surface area contributed by atoms with Gasteiger partial charge in [-0.25, -0.2) is 8.78 Å². The maximum atomic E-state index is 14.2. The van der Waals surface area contributed by atoms with Crippen LogP contribution in [0.15, 0.2) is 18.2 Å². The Kier molecular flexibility index (Phi) is 5.16. The Labute approximate surface area is 150 Å². The minimum Gasteiger partial charge on any atom is -0.481 e. The van der Waals surface area contributed by atoms with Crippen molar-refractivity contribution >= 4 is 5.97 Å². The number of halogens is 5. The molecule has 0 spiro atoms. The van der Waals surface area contributed by atoms with Crippen molar-refractivity contribution in [2.45, 2.75) is 50.2 Å². The number of carbonyl (C=O) groups is 1. The highest BCUT2D eigenvalue weighted by molar-refractivity contribution is 5.67. The van der Waals surface area contributed by atoms with E-state index in [1.165, 1.54) is 16.7 Å². The Morgan fingerprint density at radius 2 is 1.96 bits per heavy atom. The zero-order chi connectivity index (χ0) is 19.8. The normalized spacial score (nSPS) is 20.2. The van der Waals surface area contributed by atoms with Gasteiger partial charge in [0.05, 0.1) is 6.42 Å². The third-order valence-electron chi connectivity index (χ3n) is 4.69. The van der Waals surface area contributed by atoms with Crippen LogP contribution in [-0.4, -0.2) is 32.0 Å². The van der Waals surface area contributed by atoms with E-state index in [1.807, 2.05) is 0 Å². The fraction of sp³-hybridized carbons (Fsp3) is 0.471. The first-order valence-electron chi connectivity index (χ1n) is 8.30. The van der Waals surface area contributed by atoms with Crippen molar-refractivity contribution in [1.82, 2.24) is 14.8 Å². The monoisotopic (exact) mass is 389 g/mol. The second-order valence-corrected chi connectivity index (χ2v) is 6.59. The first-order valence-corrected chi connectivity index (χ1v) is 8.30. The van der Waals surface area contributed by atoms with Gasteiger partial charge in [-0.3, -0.25) is 4.79 Å². The maximum absolute atomic E-state index is 14.2. The molecule has 0 saturated heterocycles. The number of fused-ring (bicyclic) bond motifs is 1. The van der Waals surface area contributed by atoms with Crippen molar-refractivity contribution in [3.63, 3.8) is 0 Å². The van der Waals surface area contributed by atoms with Gasteiger partial charge in [0.25, 0.3) is 0 Å². The molecule has 0 saturated carbocycles. The van der Waals surface area contributed by atoms with Crippen LogP contribution < -0.4 is 0 Å². The summed E-state index contributed by atoms with van der Waals surface area (Å²) in [5, 5.41) is 16.5. The van der Waals surface area contributed by atoms with E-state index < -0.39 is 42.0 Å². The lowest BCUT2D eigenvalue weighted by Crippen LogP contribution is -2.19. The molecule has 0 aliphatic carbocycles. The van der Waals surface area contributed by atoms with Gasteiger partial charge in [-0.1, -0.05) is 12.1 Å². The summed E-state index contributed by atoms with van der Waals surface area (Å²) in [6, 6.07) is 3.67. The lowest BCUT2D eigenvalue weighted by Gasteiger charge is -2.18.